The van der Waals surface area contributed by atoms with E-state index in [1.54, 1.807) is 6.08 Å². The predicted molar refractivity (Wildman–Crippen MR) is 267 cm³/mol. The maximum Gasteiger partial charge on any atom is 0.220 e. The van der Waals surface area contributed by atoms with Crippen LogP contribution in [0.4, 0.5) is 0 Å². The number of rotatable bonds is 39. The molecule has 14 nitrogen and oxygen atoms in total. The standard InChI is InChI=1S/C54H93NO13/c1-3-5-7-9-11-13-14-15-16-17-18-19-20-21-22-23-24-25-26-27-28-30-32-34-36-38-46(59)55-42(43(58)37-35-33-31-29-12-10-8-6-4-2)41-65-53-51(64)49(62)52(45(40-57)67-53)68-54-50(63)48(61)47(60)44(39-56)66-54/h5,7,11,13,15-16,18-19,21-22,35,37,42-45,47-54,56-58,60-64H,3-4,6,8-10,12,14,17,20,23-34,36,38-41H2,1-2H3,(H,55,59)/b7-5-,13-11-,16-15-,19-18-,22-21-,37-35+. The lowest BCUT2D eigenvalue weighted by atomic mass is 9.97. The molecular weight excluding hydrogens is 871 g/mol. The first kappa shape index (κ1) is 61.5. The first-order valence-corrected chi connectivity index (χ1v) is 26.2. The molecular formula is C54H93NO13. The van der Waals surface area contributed by atoms with Gasteiger partial charge in [-0.25, -0.2) is 0 Å². The van der Waals surface area contributed by atoms with Crippen molar-refractivity contribution in [2.75, 3.05) is 19.8 Å². The lowest BCUT2D eigenvalue weighted by Crippen LogP contribution is -2.65. The number of amides is 1. The molecule has 0 aliphatic carbocycles. The van der Waals surface area contributed by atoms with Gasteiger partial charge in [-0.05, 0) is 64.2 Å². The van der Waals surface area contributed by atoms with Crippen molar-refractivity contribution in [3.05, 3.63) is 72.9 Å². The highest BCUT2D eigenvalue weighted by molar-refractivity contribution is 5.76. The fraction of sp³-hybridized carbons (Fsp3) is 0.759. The zero-order valence-corrected chi connectivity index (χ0v) is 41.6. The molecule has 0 radical (unpaired) electrons. The molecule has 392 valence electrons. The van der Waals surface area contributed by atoms with Crippen molar-refractivity contribution >= 4 is 5.91 Å². The van der Waals surface area contributed by atoms with Crippen LogP contribution in [0.1, 0.15) is 168 Å². The summed E-state index contributed by atoms with van der Waals surface area (Å²) < 4.78 is 22.6. The molecule has 0 saturated carbocycles. The lowest BCUT2D eigenvalue weighted by molar-refractivity contribution is -0.359. The third-order valence-corrected chi connectivity index (χ3v) is 12.4. The molecule has 1 amide bonds. The molecule has 2 aliphatic heterocycles. The van der Waals surface area contributed by atoms with Crippen LogP contribution < -0.4 is 5.32 Å². The fourth-order valence-electron chi connectivity index (χ4n) is 8.14. The van der Waals surface area contributed by atoms with Gasteiger partial charge in [-0.2, -0.15) is 0 Å². The largest absolute Gasteiger partial charge is 0.394 e. The van der Waals surface area contributed by atoms with E-state index < -0.39 is 86.8 Å². The molecule has 68 heavy (non-hydrogen) atoms. The van der Waals surface area contributed by atoms with Crippen molar-refractivity contribution in [2.24, 2.45) is 0 Å². The smallest absolute Gasteiger partial charge is 0.220 e. The van der Waals surface area contributed by atoms with Gasteiger partial charge in [0, 0.05) is 6.42 Å². The zero-order chi connectivity index (χ0) is 49.6. The van der Waals surface area contributed by atoms with Gasteiger partial charge in [-0.3, -0.25) is 4.79 Å². The molecule has 2 heterocycles. The van der Waals surface area contributed by atoms with Crippen LogP contribution in [0.2, 0.25) is 0 Å². The number of carbonyl (C=O) groups excluding carboxylic acids is 1. The number of hydrogen-bond donors (Lipinski definition) is 9. The van der Waals surface area contributed by atoms with Gasteiger partial charge in [0.05, 0.1) is 32.0 Å². The molecule has 0 bridgehead atoms. The molecule has 2 rings (SSSR count). The van der Waals surface area contributed by atoms with E-state index in [1.165, 1.54) is 57.8 Å². The highest BCUT2D eigenvalue weighted by Gasteiger charge is 2.51. The van der Waals surface area contributed by atoms with Crippen molar-refractivity contribution in [3.63, 3.8) is 0 Å². The average molecular weight is 964 g/mol. The van der Waals surface area contributed by atoms with Crippen molar-refractivity contribution in [1.82, 2.24) is 5.32 Å². The Morgan fingerprint density at radius 2 is 1.01 bits per heavy atom. The van der Waals surface area contributed by atoms with Gasteiger partial charge in [-0.15, -0.1) is 0 Å². The van der Waals surface area contributed by atoms with Gasteiger partial charge in [0.15, 0.2) is 12.6 Å². The van der Waals surface area contributed by atoms with E-state index in [4.69, 9.17) is 18.9 Å². The topological polar surface area (TPSA) is 228 Å². The summed E-state index contributed by atoms with van der Waals surface area (Å²) in [5.41, 5.74) is 0. The normalized spacial score (nSPS) is 27.0. The van der Waals surface area contributed by atoms with Crippen LogP contribution in [-0.4, -0.2) is 140 Å². The Balaban J connectivity index is 1.74. The molecule has 2 saturated heterocycles. The van der Waals surface area contributed by atoms with Crippen molar-refractivity contribution < 1.29 is 64.6 Å². The Bertz CT molecular complexity index is 1420. The molecule has 9 N–H and O–H groups in total. The van der Waals surface area contributed by atoms with Gasteiger partial charge in [0.1, 0.15) is 48.8 Å². The molecule has 0 aromatic carbocycles. The van der Waals surface area contributed by atoms with Crippen LogP contribution in [0.3, 0.4) is 0 Å². The summed E-state index contributed by atoms with van der Waals surface area (Å²) in [4.78, 5) is 13.2. The van der Waals surface area contributed by atoms with Crippen LogP contribution in [0.25, 0.3) is 0 Å². The maximum absolute atomic E-state index is 13.2. The lowest BCUT2D eigenvalue weighted by Gasteiger charge is -2.46. The first-order chi connectivity index (χ1) is 33.1. The first-order valence-electron chi connectivity index (χ1n) is 26.2. The molecule has 12 atom stereocenters. The monoisotopic (exact) mass is 964 g/mol. The molecule has 0 aromatic heterocycles. The summed E-state index contributed by atoms with van der Waals surface area (Å²) in [5.74, 6) is -0.253. The van der Waals surface area contributed by atoms with Crippen LogP contribution in [-0.2, 0) is 23.7 Å². The Morgan fingerprint density at radius 1 is 0.544 bits per heavy atom. The number of hydrogen-bond acceptors (Lipinski definition) is 13. The molecule has 14 heteroatoms. The van der Waals surface area contributed by atoms with Gasteiger partial charge >= 0.3 is 0 Å². The maximum atomic E-state index is 13.2. The van der Waals surface area contributed by atoms with Gasteiger partial charge in [-0.1, -0.05) is 170 Å². The third kappa shape index (κ3) is 26.6. The Labute approximate surface area is 408 Å². The van der Waals surface area contributed by atoms with E-state index >= 15 is 0 Å². The second-order valence-electron chi connectivity index (χ2n) is 18.3. The van der Waals surface area contributed by atoms with Gasteiger partial charge in [0.2, 0.25) is 5.91 Å². The Hall–Kier alpha value is -2.57. The number of aliphatic hydroxyl groups excluding tert-OH is 8. The summed E-state index contributed by atoms with van der Waals surface area (Å²) in [6, 6.07) is -0.919. The fourth-order valence-corrected chi connectivity index (χ4v) is 8.14. The van der Waals surface area contributed by atoms with Crippen molar-refractivity contribution in [2.45, 2.75) is 242 Å². The Morgan fingerprint density at radius 3 is 1.56 bits per heavy atom. The zero-order valence-electron chi connectivity index (χ0n) is 41.6. The summed E-state index contributed by atoms with van der Waals surface area (Å²) in [5, 5.41) is 86.6. The second kappa shape index (κ2) is 40.1. The second-order valence-corrected chi connectivity index (χ2v) is 18.3. The van der Waals surface area contributed by atoms with Crippen molar-refractivity contribution in [3.8, 4) is 0 Å². The Kier molecular flexibility index (Phi) is 36.3. The van der Waals surface area contributed by atoms with E-state index in [-0.39, 0.29) is 18.9 Å². The summed E-state index contributed by atoms with van der Waals surface area (Å²) in [7, 11) is 0. The SMILES string of the molecule is CC/C=C\C/C=C\C/C=C\C/C=C\C/C=C\CCCCCCCCCCCC(=O)NC(COC1OC(CO)C(OC2OC(CO)C(O)C(O)C2O)C(O)C1O)C(O)/C=C/CCCCCCCCC. The summed E-state index contributed by atoms with van der Waals surface area (Å²) in [6.45, 7) is 2.61. The number of allylic oxidation sites excluding steroid dienone is 11. The van der Waals surface area contributed by atoms with Crippen LogP contribution >= 0.6 is 0 Å². The van der Waals surface area contributed by atoms with Gasteiger partial charge in [0.25, 0.3) is 0 Å². The van der Waals surface area contributed by atoms with Crippen LogP contribution in [0, 0.1) is 0 Å². The summed E-state index contributed by atoms with van der Waals surface area (Å²) in [6.07, 6.45) is 33.8. The van der Waals surface area contributed by atoms with E-state index in [0.717, 1.165) is 83.5 Å². The quantitative estimate of drug-likeness (QED) is 0.0220. The minimum Gasteiger partial charge on any atom is -0.394 e. The van der Waals surface area contributed by atoms with E-state index in [9.17, 15) is 45.6 Å². The predicted octanol–water partition coefficient (Wildman–Crippen LogP) is 7.21. The van der Waals surface area contributed by atoms with E-state index in [2.05, 4.69) is 79.9 Å². The van der Waals surface area contributed by atoms with Crippen molar-refractivity contribution in [1.29, 1.82) is 0 Å². The van der Waals surface area contributed by atoms with Gasteiger partial charge < -0.3 is 65.1 Å². The highest BCUT2D eigenvalue weighted by Crippen LogP contribution is 2.30. The number of ether oxygens (including phenoxy) is 4. The molecule has 0 spiro atoms. The number of nitrogens with one attached hydrogen (secondary N) is 1. The van der Waals surface area contributed by atoms with E-state index in [1.807, 2.05) is 6.08 Å². The molecule has 2 aliphatic rings. The molecule has 2 fully saturated rings. The summed E-state index contributed by atoms with van der Waals surface area (Å²) >= 11 is 0. The third-order valence-electron chi connectivity index (χ3n) is 12.4. The number of unbranched alkanes of at least 4 members (excludes halogenated alkanes) is 16. The van der Waals surface area contributed by atoms with Crippen LogP contribution in [0.15, 0.2) is 72.9 Å². The minimum absolute atomic E-state index is 0.253. The number of aliphatic hydroxyl groups is 8. The number of carbonyl (C=O) groups is 1. The average Bonchev–Trinajstić information content (AvgIpc) is 3.34. The van der Waals surface area contributed by atoms with Crippen LogP contribution in [0.5, 0.6) is 0 Å². The minimum atomic E-state index is -1.79. The highest BCUT2D eigenvalue weighted by atomic mass is 16.7. The molecule has 12 unspecified atom stereocenters. The van der Waals surface area contributed by atoms with E-state index in [0.29, 0.717) is 6.42 Å². The molecule has 0 aromatic rings.